The van der Waals surface area contributed by atoms with Crippen LogP contribution in [0.25, 0.3) is 0 Å². The van der Waals surface area contributed by atoms with Gasteiger partial charge in [-0.1, -0.05) is 26.0 Å². The smallest absolute Gasteiger partial charge is 0.191 e. The Morgan fingerprint density at radius 3 is 2.58 bits per heavy atom. The number of benzene rings is 1. The Morgan fingerprint density at radius 1 is 1.25 bits per heavy atom. The molecule has 0 unspecified atom stereocenters. The highest BCUT2D eigenvalue weighted by atomic mass is 16.3. The molecule has 5 nitrogen and oxygen atoms in total. The summed E-state index contributed by atoms with van der Waals surface area (Å²) in [7, 11) is 0. The fraction of sp³-hybridized carbons (Fsp3) is 0.579. The van der Waals surface area contributed by atoms with E-state index < -0.39 is 0 Å². The highest BCUT2D eigenvalue weighted by Gasteiger charge is 2.25. The molecule has 0 bridgehead atoms. The monoisotopic (exact) mass is 330 g/mol. The van der Waals surface area contributed by atoms with Gasteiger partial charge in [-0.15, -0.1) is 0 Å². The molecular weight excluding hydrogens is 300 g/mol. The van der Waals surface area contributed by atoms with Gasteiger partial charge in [0, 0.05) is 19.7 Å². The van der Waals surface area contributed by atoms with E-state index in [4.69, 9.17) is 5.26 Å². The van der Waals surface area contributed by atoms with Gasteiger partial charge in [-0.25, -0.2) is 4.99 Å². The molecule has 0 amide bonds. The van der Waals surface area contributed by atoms with Crippen LogP contribution in [-0.2, 0) is 6.54 Å². The maximum absolute atomic E-state index is 9.33. The van der Waals surface area contributed by atoms with Gasteiger partial charge in [0.2, 0.25) is 0 Å². The zero-order valence-electron chi connectivity index (χ0n) is 15.1. The van der Waals surface area contributed by atoms with Crippen LogP contribution >= 0.6 is 0 Å². The number of nitriles is 1. The molecule has 0 fully saturated rings. The third-order valence-corrected chi connectivity index (χ3v) is 4.59. The first-order chi connectivity index (χ1) is 11.6. The number of guanidine groups is 1. The molecule has 132 valence electrons. The second-order valence-electron chi connectivity index (χ2n) is 6.04. The van der Waals surface area contributed by atoms with Crippen LogP contribution in [0.5, 0.6) is 0 Å². The molecular formula is C19H30N4O. The van der Waals surface area contributed by atoms with Gasteiger partial charge < -0.3 is 15.7 Å². The average molecular weight is 330 g/mol. The Hall–Kier alpha value is -2.06. The van der Waals surface area contributed by atoms with Gasteiger partial charge in [0.15, 0.2) is 5.96 Å². The van der Waals surface area contributed by atoms with E-state index in [9.17, 15) is 5.11 Å². The van der Waals surface area contributed by atoms with E-state index in [1.165, 1.54) is 0 Å². The summed E-state index contributed by atoms with van der Waals surface area (Å²) in [4.78, 5) is 4.61. The van der Waals surface area contributed by atoms with E-state index in [1.54, 1.807) is 6.07 Å². The third kappa shape index (κ3) is 6.21. The van der Waals surface area contributed by atoms with Crippen molar-refractivity contribution in [3.05, 3.63) is 35.4 Å². The van der Waals surface area contributed by atoms with E-state index >= 15 is 0 Å². The second kappa shape index (κ2) is 10.7. The van der Waals surface area contributed by atoms with Crippen LogP contribution in [0.15, 0.2) is 29.3 Å². The van der Waals surface area contributed by atoms with Gasteiger partial charge in [0.25, 0.3) is 0 Å². The quantitative estimate of drug-likeness (QED) is 0.480. The maximum atomic E-state index is 9.33. The van der Waals surface area contributed by atoms with Gasteiger partial charge in [-0.2, -0.15) is 5.26 Å². The Balaban J connectivity index is 2.76. The molecule has 0 saturated heterocycles. The normalized spacial score (nSPS) is 11.9. The molecule has 3 N–H and O–H groups in total. The molecule has 1 aromatic carbocycles. The van der Waals surface area contributed by atoms with Crippen LogP contribution in [0.2, 0.25) is 0 Å². The Bertz CT molecular complexity index is 559. The summed E-state index contributed by atoms with van der Waals surface area (Å²) in [5.74, 6) is 0.768. The predicted octanol–water partition coefficient (Wildman–Crippen LogP) is 2.80. The van der Waals surface area contributed by atoms with Gasteiger partial charge in [0.05, 0.1) is 18.2 Å². The number of nitrogens with one attached hydrogen (secondary N) is 2. The van der Waals surface area contributed by atoms with Crippen molar-refractivity contribution in [1.82, 2.24) is 10.6 Å². The first-order valence-electron chi connectivity index (χ1n) is 8.75. The predicted molar refractivity (Wildman–Crippen MR) is 98.7 cm³/mol. The van der Waals surface area contributed by atoms with Gasteiger partial charge in [-0.3, -0.25) is 0 Å². The summed E-state index contributed by atoms with van der Waals surface area (Å²) in [5, 5.41) is 25.0. The van der Waals surface area contributed by atoms with Crippen LogP contribution < -0.4 is 10.6 Å². The van der Waals surface area contributed by atoms with E-state index in [0.29, 0.717) is 12.1 Å². The Morgan fingerprint density at radius 2 is 2.00 bits per heavy atom. The van der Waals surface area contributed by atoms with Crippen molar-refractivity contribution < 1.29 is 5.11 Å². The zero-order valence-corrected chi connectivity index (χ0v) is 15.1. The van der Waals surface area contributed by atoms with Gasteiger partial charge in [-0.05, 0) is 49.3 Å². The molecule has 0 spiro atoms. The largest absolute Gasteiger partial charge is 0.396 e. The summed E-state index contributed by atoms with van der Waals surface area (Å²) in [6.07, 6.45) is 2.82. The topological polar surface area (TPSA) is 80.4 Å². The number of aliphatic hydroxyl groups excluding tert-OH is 1. The highest BCUT2D eigenvalue weighted by Crippen LogP contribution is 2.29. The minimum absolute atomic E-state index is 0.0890. The van der Waals surface area contributed by atoms with Crippen molar-refractivity contribution >= 4 is 5.96 Å². The zero-order chi connectivity index (χ0) is 17.8. The first kappa shape index (κ1) is 20.0. The molecule has 5 heteroatoms. The molecule has 0 aliphatic rings. The molecule has 1 rings (SSSR count). The molecule has 0 aromatic heterocycles. The molecule has 0 heterocycles. The van der Waals surface area contributed by atoms with Crippen molar-refractivity contribution in [1.29, 1.82) is 5.26 Å². The van der Waals surface area contributed by atoms with Crippen molar-refractivity contribution in [2.45, 2.75) is 46.6 Å². The second-order valence-corrected chi connectivity index (χ2v) is 6.04. The summed E-state index contributed by atoms with van der Waals surface area (Å²) < 4.78 is 0. The fourth-order valence-corrected chi connectivity index (χ4v) is 2.70. The average Bonchev–Trinajstić information content (AvgIpc) is 2.63. The lowest BCUT2D eigenvalue weighted by molar-refractivity contribution is 0.169. The van der Waals surface area contributed by atoms with Crippen LogP contribution in [0, 0.1) is 16.7 Å². The Labute approximate surface area is 145 Å². The lowest BCUT2D eigenvalue weighted by Gasteiger charge is -2.32. The standard InChI is InChI=1S/C19H30N4O/c1-4-19(5-2,10-11-24)15-23-18(21-6-3)22-14-17-9-7-8-16(12-17)13-20/h7-9,12,24H,4-6,10-11,14-15H2,1-3H3,(H2,21,22,23). The maximum Gasteiger partial charge on any atom is 0.191 e. The molecule has 1 aromatic rings. The number of aliphatic hydroxyl groups is 1. The lowest BCUT2D eigenvalue weighted by atomic mass is 9.79. The van der Waals surface area contributed by atoms with Crippen LogP contribution in [0.4, 0.5) is 0 Å². The summed E-state index contributed by atoms with van der Waals surface area (Å²) in [5.41, 5.74) is 1.75. The van der Waals surface area contributed by atoms with Gasteiger partial charge in [0.1, 0.15) is 0 Å². The molecule has 0 aliphatic heterocycles. The minimum atomic E-state index is 0.0890. The van der Waals surface area contributed by atoms with E-state index in [0.717, 1.165) is 43.9 Å². The van der Waals surface area contributed by atoms with Gasteiger partial charge >= 0.3 is 0 Å². The van der Waals surface area contributed by atoms with Crippen molar-refractivity contribution in [3.8, 4) is 6.07 Å². The summed E-state index contributed by atoms with van der Waals surface area (Å²) >= 11 is 0. The highest BCUT2D eigenvalue weighted by molar-refractivity contribution is 5.79. The van der Waals surface area contributed by atoms with Crippen molar-refractivity contribution in [3.63, 3.8) is 0 Å². The number of rotatable bonds is 9. The van der Waals surface area contributed by atoms with Crippen LogP contribution in [0.3, 0.4) is 0 Å². The third-order valence-electron chi connectivity index (χ3n) is 4.59. The van der Waals surface area contributed by atoms with E-state index in [-0.39, 0.29) is 12.0 Å². The minimum Gasteiger partial charge on any atom is -0.396 e. The number of nitrogens with zero attached hydrogens (tertiary/aromatic N) is 2. The molecule has 24 heavy (non-hydrogen) atoms. The fourth-order valence-electron chi connectivity index (χ4n) is 2.70. The Kier molecular flexibility index (Phi) is 8.88. The molecule has 0 atom stereocenters. The van der Waals surface area contributed by atoms with Crippen molar-refractivity contribution in [2.24, 2.45) is 10.4 Å². The van der Waals surface area contributed by atoms with Crippen molar-refractivity contribution in [2.75, 3.05) is 19.7 Å². The SMILES string of the molecule is CCNC(=NCc1cccc(C#N)c1)NCC(CC)(CC)CCO. The van der Waals surface area contributed by atoms with E-state index in [1.807, 2.05) is 25.1 Å². The summed E-state index contributed by atoms with van der Waals surface area (Å²) in [6, 6.07) is 9.66. The van der Waals surface area contributed by atoms with Crippen LogP contribution in [-0.4, -0.2) is 30.8 Å². The van der Waals surface area contributed by atoms with E-state index in [2.05, 4.69) is 35.5 Å². The molecule has 0 radical (unpaired) electrons. The number of aliphatic imine (C=N–C) groups is 1. The molecule has 0 saturated carbocycles. The number of hydrogen-bond donors (Lipinski definition) is 3. The lowest BCUT2D eigenvalue weighted by Crippen LogP contribution is -2.43. The first-order valence-corrected chi connectivity index (χ1v) is 8.75. The molecule has 0 aliphatic carbocycles. The van der Waals surface area contributed by atoms with Crippen LogP contribution in [0.1, 0.15) is 51.2 Å². The number of hydrogen-bond acceptors (Lipinski definition) is 3. The summed E-state index contributed by atoms with van der Waals surface area (Å²) in [6.45, 7) is 8.67.